The molecule has 1 aromatic carbocycles. The Bertz CT molecular complexity index is 351. The van der Waals surface area contributed by atoms with Gasteiger partial charge in [0, 0.05) is 12.6 Å². The minimum absolute atomic E-state index is 0.214. The van der Waals surface area contributed by atoms with Crippen LogP contribution in [0.3, 0.4) is 0 Å². The lowest BCUT2D eigenvalue weighted by Crippen LogP contribution is -2.40. The molecule has 0 aliphatic heterocycles. The fraction of sp³-hybridized carbons (Fsp3) is 0.625. The van der Waals surface area contributed by atoms with E-state index < -0.39 is 0 Å². The molecule has 2 unspecified atom stereocenters. The van der Waals surface area contributed by atoms with Gasteiger partial charge in [-0.3, -0.25) is 4.90 Å². The first-order valence-corrected chi connectivity index (χ1v) is 7.02. The van der Waals surface area contributed by atoms with Crippen LogP contribution in [-0.2, 0) is 6.54 Å². The first-order chi connectivity index (χ1) is 8.60. The molecule has 0 amide bonds. The van der Waals surface area contributed by atoms with Crippen LogP contribution in [0.4, 0.5) is 0 Å². The van der Waals surface area contributed by atoms with Crippen LogP contribution in [0.2, 0.25) is 0 Å². The highest BCUT2D eigenvalue weighted by atomic mass is 16.3. The zero-order valence-electron chi connectivity index (χ0n) is 12.2. The van der Waals surface area contributed by atoms with Crippen LogP contribution in [0.25, 0.3) is 0 Å². The maximum absolute atomic E-state index is 10.2. The number of aryl methyl sites for hydroxylation is 1. The van der Waals surface area contributed by atoms with Crippen molar-refractivity contribution >= 4 is 0 Å². The van der Waals surface area contributed by atoms with Crippen LogP contribution in [0, 0.1) is 6.92 Å². The molecule has 0 radical (unpaired) electrons. The fourth-order valence-corrected chi connectivity index (χ4v) is 2.54. The molecule has 2 atom stereocenters. The topological polar surface area (TPSA) is 23.5 Å². The smallest absolute Gasteiger partial charge is 0.0695 e. The van der Waals surface area contributed by atoms with Crippen molar-refractivity contribution in [3.63, 3.8) is 0 Å². The first kappa shape index (κ1) is 15.2. The lowest BCUT2D eigenvalue weighted by atomic mass is 10.0. The van der Waals surface area contributed by atoms with Crippen molar-refractivity contribution < 1.29 is 5.11 Å². The van der Waals surface area contributed by atoms with E-state index >= 15 is 0 Å². The van der Waals surface area contributed by atoms with Crippen LogP contribution in [0.1, 0.15) is 44.2 Å². The van der Waals surface area contributed by atoms with E-state index in [0.717, 1.165) is 25.8 Å². The second-order valence-corrected chi connectivity index (χ2v) is 5.17. The predicted molar refractivity (Wildman–Crippen MR) is 77.6 cm³/mol. The molecular weight excluding hydrogens is 222 g/mol. The van der Waals surface area contributed by atoms with Gasteiger partial charge in [-0.1, -0.05) is 44.5 Å². The molecule has 0 spiro atoms. The number of nitrogens with zero attached hydrogens (tertiary/aromatic N) is 1. The number of rotatable bonds is 7. The quantitative estimate of drug-likeness (QED) is 0.801. The average Bonchev–Trinajstić information content (AvgIpc) is 2.33. The van der Waals surface area contributed by atoms with Gasteiger partial charge in [0.25, 0.3) is 0 Å². The van der Waals surface area contributed by atoms with Crippen LogP contribution < -0.4 is 0 Å². The molecule has 1 aromatic rings. The molecule has 0 fully saturated rings. The summed E-state index contributed by atoms with van der Waals surface area (Å²) in [7, 11) is 2.11. The molecule has 0 bridgehead atoms. The maximum atomic E-state index is 10.2. The number of hydrogen-bond donors (Lipinski definition) is 1. The molecule has 0 saturated heterocycles. The summed E-state index contributed by atoms with van der Waals surface area (Å²) in [5.41, 5.74) is 2.67. The monoisotopic (exact) mass is 249 g/mol. The van der Waals surface area contributed by atoms with Crippen molar-refractivity contribution in [2.75, 3.05) is 7.05 Å². The summed E-state index contributed by atoms with van der Waals surface area (Å²) >= 11 is 0. The van der Waals surface area contributed by atoms with Gasteiger partial charge in [0.1, 0.15) is 0 Å². The standard InChI is InChI=1S/C16H27NO/c1-5-9-16(18)15(6-2)17(4)12-14-11-8-7-10-13(14)3/h7-8,10-11,15-16,18H,5-6,9,12H2,1-4H3. The third-order valence-corrected chi connectivity index (χ3v) is 3.69. The van der Waals surface area contributed by atoms with Gasteiger partial charge in [-0.15, -0.1) is 0 Å². The fourth-order valence-electron chi connectivity index (χ4n) is 2.54. The third kappa shape index (κ3) is 4.11. The third-order valence-electron chi connectivity index (χ3n) is 3.69. The van der Waals surface area contributed by atoms with Gasteiger partial charge < -0.3 is 5.11 Å². The van der Waals surface area contributed by atoms with Crippen molar-refractivity contribution in [3.8, 4) is 0 Å². The molecule has 102 valence electrons. The molecule has 0 aliphatic carbocycles. The Kier molecular flexibility index (Phi) is 6.37. The maximum Gasteiger partial charge on any atom is 0.0695 e. The van der Waals surface area contributed by atoms with E-state index in [1.807, 2.05) is 0 Å². The van der Waals surface area contributed by atoms with E-state index in [0.29, 0.717) is 0 Å². The molecule has 0 saturated carbocycles. The molecule has 18 heavy (non-hydrogen) atoms. The minimum atomic E-state index is -0.214. The predicted octanol–water partition coefficient (Wildman–Crippen LogP) is 3.37. The summed E-state index contributed by atoms with van der Waals surface area (Å²) in [5, 5.41) is 10.2. The molecule has 0 heterocycles. The van der Waals surface area contributed by atoms with Gasteiger partial charge in [-0.05, 0) is 37.9 Å². The van der Waals surface area contributed by atoms with Crippen molar-refractivity contribution in [1.29, 1.82) is 0 Å². The summed E-state index contributed by atoms with van der Waals surface area (Å²) in [6.07, 6.45) is 2.70. The van der Waals surface area contributed by atoms with Gasteiger partial charge in [0.2, 0.25) is 0 Å². The van der Waals surface area contributed by atoms with E-state index in [9.17, 15) is 5.11 Å². The van der Waals surface area contributed by atoms with E-state index in [4.69, 9.17) is 0 Å². The van der Waals surface area contributed by atoms with Gasteiger partial charge in [-0.2, -0.15) is 0 Å². The van der Waals surface area contributed by atoms with Crippen LogP contribution in [-0.4, -0.2) is 29.2 Å². The van der Waals surface area contributed by atoms with Gasteiger partial charge in [0.15, 0.2) is 0 Å². The number of aliphatic hydroxyl groups excluding tert-OH is 1. The SMILES string of the molecule is CCCC(O)C(CC)N(C)Cc1ccccc1C. The largest absolute Gasteiger partial charge is 0.391 e. The summed E-state index contributed by atoms with van der Waals surface area (Å²) in [4.78, 5) is 2.28. The normalized spacial score (nSPS) is 14.8. The Balaban J connectivity index is 2.68. The van der Waals surface area contributed by atoms with Gasteiger partial charge >= 0.3 is 0 Å². The van der Waals surface area contributed by atoms with Crippen molar-refractivity contribution in [1.82, 2.24) is 4.90 Å². The zero-order valence-corrected chi connectivity index (χ0v) is 12.2. The highest BCUT2D eigenvalue weighted by molar-refractivity contribution is 5.25. The Labute approximate surface area is 112 Å². The van der Waals surface area contributed by atoms with Crippen LogP contribution >= 0.6 is 0 Å². The molecule has 0 aromatic heterocycles. The highest BCUT2D eigenvalue weighted by Crippen LogP contribution is 2.16. The van der Waals surface area contributed by atoms with Crippen molar-refractivity contribution in [2.45, 2.75) is 58.7 Å². The summed E-state index contributed by atoms with van der Waals surface area (Å²) in [6.45, 7) is 7.33. The second-order valence-electron chi connectivity index (χ2n) is 5.17. The first-order valence-electron chi connectivity index (χ1n) is 7.02. The molecule has 1 N–H and O–H groups in total. The number of aliphatic hydroxyl groups is 1. The molecule has 0 aliphatic rings. The zero-order chi connectivity index (χ0) is 13.5. The van der Waals surface area contributed by atoms with Gasteiger partial charge in [-0.25, -0.2) is 0 Å². The van der Waals surface area contributed by atoms with Crippen molar-refractivity contribution in [2.24, 2.45) is 0 Å². The van der Waals surface area contributed by atoms with Crippen LogP contribution in [0.15, 0.2) is 24.3 Å². The highest BCUT2D eigenvalue weighted by Gasteiger charge is 2.21. The van der Waals surface area contributed by atoms with E-state index in [2.05, 4.69) is 57.0 Å². The second kappa shape index (κ2) is 7.55. The lowest BCUT2D eigenvalue weighted by Gasteiger charge is -2.31. The Morgan fingerprint density at radius 2 is 1.89 bits per heavy atom. The van der Waals surface area contributed by atoms with Crippen LogP contribution in [0.5, 0.6) is 0 Å². The molecule has 2 heteroatoms. The molecular formula is C16H27NO. The van der Waals surface area contributed by atoms with E-state index in [1.54, 1.807) is 0 Å². The van der Waals surface area contributed by atoms with E-state index in [-0.39, 0.29) is 12.1 Å². The van der Waals surface area contributed by atoms with Crippen molar-refractivity contribution in [3.05, 3.63) is 35.4 Å². The summed E-state index contributed by atoms with van der Waals surface area (Å²) in [5.74, 6) is 0. The number of benzene rings is 1. The molecule has 2 nitrogen and oxygen atoms in total. The Morgan fingerprint density at radius 3 is 2.44 bits per heavy atom. The van der Waals surface area contributed by atoms with Gasteiger partial charge in [0.05, 0.1) is 6.10 Å². The Hall–Kier alpha value is -0.860. The summed E-state index contributed by atoms with van der Waals surface area (Å²) in [6, 6.07) is 8.73. The minimum Gasteiger partial charge on any atom is -0.391 e. The number of likely N-dealkylation sites (N-methyl/N-ethyl adjacent to an activating group) is 1. The molecule has 1 rings (SSSR count). The average molecular weight is 249 g/mol. The van der Waals surface area contributed by atoms with E-state index in [1.165, 1.54) is 11.1 Å². The number of hydrogen-bond acceptors (Lipinski definition) is 2. The lowest BCUT2D eigenvalue weighted by molar-refractivity contribution is 0.0505. The summed E-state index contributed by atoms with van der Waals surface area (Å²) < 4.78 is 0. The Morgan fingerprint density at radius 1 is 1.22 bits per heavy atom.